The Morgan fingerprint density at radius 1 is 0.960 bits per heavy atom. The molecule has 1 atom stereocenters. The van der Waals surface area contributed by atoms with Crippen LogP contribution in [-0.2, 0) is 24.3 Å². The molecule has 1 heterocycles. The molecule has 3 nitrogen and oxygen atoms in total. The van der Waals surface area contributed by atoms with E-state index in [1.54, 1.807) is 0 Å². The number of benzene rings is 3. The molecule has 0 fully saturated rings. The van der Waals surface area contributed by atoms with E-state index in [1.165, 1.54) is 11.1 Å². The molecule has 1 aliphatic rings. The van der Waals surface area contributed by atoms with Gasteiger partial charge >= 0.3 is 0 Å². The van der Waals surface area contributed by atoms with Gasteiger partial charge in [-0.25, -0.2) is 0 Å². The Hall–Kier alpha value is -2.17. The number of nitrogens with two attached hydrogens (primary N) is 1. The van der Waals surface area contributed by atoms with Gasteiger partial charge in [-0.05, 0) is 39.9 Å². The van der Waals surface area contributed by atoms with Crippen LogP contribution < -0.4 is 5.73 Å². The van der Waals surface area contributed by atoms with E-state index in [4.69, 9.17) is 5.73 Å². The maximum atomic E-state index is 12.8. The Balaban J connectivity index is 1.54. The average molecular weight is 395 g/mol. The third kappa shape index (κ3) is 3.08. The van der Waals surface area contributed by atoms with Gasteiger partial charge in [-0.2, -0.15) is 0 Å². The zero-order valence-electron chi connectivity index (χ0n) is 13.8. The average Bonchev–Trinajstić information content (AvgIpc) is 3.07. The maximum Gasteiger partial charge on any atom is 0.240 e. The van der Waals surface area contributed by atoms with Gasteiger partial charge in [-0.1, -0.05) is 70.5 Å². The summed E-state index contributed by atoms with van der Waals surface area (Å²) >= 11 is 3.59. The smallest absolute Gasteiger partial charge is 0.240 e. The lowest BCUT2D eigenvalue weighted by Gasteiger charge is -2.21. The summed E-state index contributed by atoms with van der Waals surface area (Å²) in [6.07, 6.45) is 0.541. The van der Waals surface area contributed by atoms with E-state index in [2.05, 4.69) is 46.3 Å². The fraction of sp³-hybridized carbons (Fsp3) is 0.190. The molecule has 0 spiro atoms. The van der Waals surface area contributed by atoms with Crippen LogP contribution in [0.1, 0.15) is 16.7 Å². The number of amides is 1. The lowest BCUT2D eigenvalue weighted by Crippen LogP contribution is -2.42. The first-order chi connectivity index (χ1) is 12.1. The number of carbonyl (C=O) groups excluding carboxylic acids is 1. The summed E-state index contributed by atoms with van der Waals surface area (Å²) in [6.45, 7) is 1.31. The van der Waals surface area contributed by atoms with Crippen molar-refractivity contribution in [3.8, 4) is 0 Å². The fourth-order valence-electron chi connectivity index (χ4n) is 3.55. The maximum absolute atomic E-state index is 12.8. The second kappa shape index (κ2) is 6.62. The van der Waals surface area contributed by atoms with E-state index in [1.807, 2.05) is 35.2 Å². The normalized spacial score (nSPS) is 14.6. The Morgan fingerprint density at radius 3 is 2.24 bits per heavy atom. The molecule has 25 heavy (non-hydrogen) atoms. The minimum absolute atomic E-state index is 0.0169. The van der Waals surface area contributed by atoms with Crippen LogP contribution in [0.3, 0.4) is 0 Å². The molecule has 0 saturated heterocycles. The van der Waals surface area contributed by atoms with E-state index in [0.717, 1.165) is 20.8 Å². The van der Waals surface area contributed by atoms with E-state index in [0.29, 0.717) is 19.5 Å². The summed E-state index contributed by atoms with van der Waals surface area (Å²) < 4.78 is 1.06. The zero-order valence-corrected chi connectivity index (χ0v) is 15.4. The predicted octanol–water partition coefficient (Wildman–Crippen LogP) is 4.01. The van der Waals surface area contributed by atoms with Gasteiger partial charge in [0.05, 0.1) is 6.04 Å². The molecular formula is C21H19BrN2O. The fourth-order valence-corrected chi connectivity index (χ4v) is 4.03. The number of hydrogen-bond donors (Lipinski definition) is 1. The summed E-state index contributed by atoms with van der Waals surface area (Å²) in [5.74, 6) is 0.0169. The van der Waals surface area contributed by atoms with Crippen LogP contribution in [0.25, 0.3) is 10.8 Å². The molecule has 1 unspecified atom stereocenters. The summed E-state index contributed by atoms with van der Waals surface area (Å²) in [5.41, 5.74) is 9.84. The van der Waals surface area contributed by atoms with Crippen LogP contribution in [0, 0.1) is 0 Å². The minimum Gasteiger partial charge on any atom is -0.333 e. The highest BCUT2D eigenvalue weighted by atomic mass is 79.9. The van der Waals surface area contributed by atoms with E-state index < -0.39 is 6.04 Å². The monoisotopic (exact) mass is 394 g/mol. The molecule has 0 aliphatic carbocycles. The SMILES string of the molecule is NC(Cc1ccc(Br)c2ccccc12)C(=O)N1Cc2ccccc2C1. The molecule has 4 rings (SSSR count). The number of hydrogen-bond acceptors (Lipinski definition) is 2. The highest BCUT2D eigenvalue weighted by Crippen LogP contribution is 2.28. The van der Waals surface area contributed by atoms with Crippen molar-refractivity contribution in [3.05, 3.63) is 81.8 Å². The largest absolute Gasteiger partial charge is 0.333 e. The Morgan fingerprint density at radius 2 is 1.56 bits per heavy atom. The molecule has 0 aromatic heterocycles. The van der Waals surface area contributed by atoms with Crippen LogP contribution in [0.15, 0.2) is 65.1 Å². The molecule has 0 bridgehead atoms. The summed E-state index contributed by atoms with van der Waals surface area (Å²) in [4.78, 5) is 14.7. The van der Waals surface area contributed by atoms with Crippen molar-refractivity contribution in [2.75, 3.05) is 0 Å². The second-order valence-corrected chi connectivity index (χ2v) is 7.38. The lowest BCUT2D eigenvalue weighted by atomic mass is 9.98. The predicted molar refractivity (Wildman–Crippen MR) is 104 cm³/mol. The molecule has 4 heteroatoms. The number of nitrogens with zero attached hydrogens (tertiary/aromatic N) is 1. The van der Waals surface area contributed by atoms with Gasteiger partial charge in [0.1, 0.15) is 0 Å². The third-order valence-corrected chi connectivity index (χ3v) is 5.56. The molecule has 3 aromatic carbocycles. The molecule has 0 radical (unpaired) electrons. The van der Waals surface area contributed by atoms with E-state index >= 15 is 0 Å². The number of halogens is 1. The highest BCUT2D eigenvalue weighted by molar-refractivity contribution is 9.10. The molecule has 2 N–H and O–H groups in total. The van der Waals surface area contributed by atoms with Crippen LogP contribution in [0.4, 0.5) is 0 Å². The van der Waals surface area contributed by atoms with Crippen molar-refractivity contribution < 1.29 is 4.79 Å². The van der Waals surface area contributed by atoms with Crippen molar-refractivity contribution in [2.24, 2.45) is 5.73 Å². The van der Waals surface area contributed by atoms with Crippen molar-refractivity contribution in [1.82, 2.24) is 4.90 Å². The van der Waals surface area contributed by atoms with Gasteiger partial charge in [-0.15, -0.1) is 0 Å². The van der Waals surface area contributed by atoms with Crippen LogP contribution >= 0.6 is 15.9 Å². The second-order valence-electron chi connectivity index (χ2n) is 6.53. The van der Waals surface area contributed by atoms with Gasteiger partial charge in [0, 0.05) is 17.6 Å². The van der Waals surface area contributed by atoms with Gasteiger partial charge in [0.2, 0.25) is 5.91 Å². The first-order valence-electron chi connectivity index (χ1n) is 8.41. The van der Waals surface area contributed by atoms with Crippen molar-refractivity contribution in [1.29, 1.82) is 0 Å². The standard InChI is InChI=1S/C21H19BrN2O/c22-19-10-9-14(17-7-3-4-8-18(17)19)11-20(23)21(25)24-12-15-5-1-2-6-16(15)13-24/h1-10,20H,11-13,23H2. The van der Waals surface area contributed by atoms with Gasteiger partial charge in [0.15, 0.2) is 0 Å². The molecule has 3 aromatic rings. The van der Waals surface area contributed by atoms with Gasteiger partial charge in [-0.3, -0.25) is 4.79 Å². The quantitative estimate of drug-likeness (QED) is 0.729. The van der Waals surface area contributed by atoms with Crippen molar-refractivity contribution >= 4 is 32.6 Å². The Bertz CT molecular complexity index is 929. The lowest BCUT2D eigenvalue weighted by molar-refractivity contribution is -0.133. The zero-order chi connectivity index (χ0) is 17.4. The van der Waals surface area contributed by atoms with E-state index in [-0.39, 0.29) is 5.91 Å². The minimum atomic E-state index is -0.529. The molecular weight excluding hydrogens is 376 g/mol. The van der Waals surface area contributed by atoms with Crippen molar-refractivity contribution in [2.45, 2.75) is 25.6 Å². The van der Waals surface area contributed by atoms with Gasteiger partial charge in [0.25, 0.3) is 0 Å². The van der Waals surface area contributed by atoms with E-state index in [9.17, 15) is 4.79 Å². The third-order valence-electron chi connectivity index (χ3n) is 4.87. The summed E-state index contributed by atoms with van der Waals surface area (Å²) in [6, 6.07) is 19.9. The topological polar surface area (TPSA) is 46.3 Å². The Kier molecular flexibility index (Phi) is 4.32. The summed E-state index contributed by atoms with van der Waals surface area (Å²) in [5, 5.41) is 2.29. The first-order valence-corrected chi connectivity index (χ1v) is 9.20. The molecule has 1 aliphatic heterocycles. The number of rotatable bonds is 3. The molecule has 126 valence electrons. The summed E-state index contributed by atoms with van der Waals surface area (Å²) in [7, 11) is 0. The molecule has 1 amide bonds. The number of fused-ring (bicyclic) bond motifs is 2. The van der Waals surface area contributed by atoms with Gasteiger partial charge < -0.3 is 10.6 Å². The Labute approximate surface area is 155 Å². The van der Waals surface area contributed by atoms with Crippen LogP contribution in [0.2, 0.25) is 0 Å². The van der Waals surface area contributed by atoms with Crippen LogP contribution in [0.5, 0.6) is 0 Å². The van der Waals surface area contributed by atoms with Crippen molar-refractivity contribution in [3.63, 3.8) is 0 Å². The van der Waals surface area contributed by atoms with Crippen LogP contribution in [-0.4, -0.2) is 16.8 Å². The number of carbonyl (C=O) groups is 1. The molecule has 0 saturated carbocycles. The first kappa shape index (κ1) is 16.3. The highest BCUT2D eigenvalue weighted by Gasteiger charge is 2.27.